The van der Waals surface area contributed by atoms with Crippen LogP contribution in [0, 0.1) is 0 Å². The Balaban J connectivity index is 1.79. The van der Waals surface area contributed by atoms with Gasteiger partial charge in [0.05, 0.1) is 24.0 Å². The van der Waals surface area contributed by atoms with E-state index in [0.29, 0.717) is 18.6 Å². The lowest BCUT2D eigenvalue weighted by atomic mass is 9.82. The van der Waals surface area contributed by atoms with Crippen molar-refractivity contribution >= 4 is 0 Å². The Morgan fingerprint density at radius 3 is 2.76 bits per heavy atom. The summed E-state index contributed by atoms with van der Waals surface area (Å²) in [5, 5.41) is 8.47. The first kappa shape index (κ1) is 11.2. The molecule has 0 radical (unpaired) electrons. The lowest BCUT2D eigenvalue weighted by molar-refractivity contribution is 0.0919. The molecule has 1 aromatic heterocycles. The summed E-state index contributed by atoms with van der Waals surface area (Å²) in [5.41, 5.74) is 7.99. The molecular formula is C12H20N4O. The highest BCUT2D eigenvalue weighted by molar-refractivity contribution is 5.18. The van der Waals surface area contributed by atoms with Crippen LogP contribution in [0.1, 0.15) is 49.4 Å². The molecule has 2 aliphatic rings. The Labute approximate surface area is 101 Å². The molecule has 17 heavy (non-hydrogen) atoms. The van der Waals surface area contributed by atoms with E-state index in [0.717, 1.165) is 25.3 Å². The molecule has 5 nitrogen and oxygen atoms in total. The lowest BCUT2D eigenvalue weighted by Crippen LogP contribution is -2.22. The van der Waals surface area contributed by atoms with Crippen LogP contribution < -0.4 is 5.73 Å². The molecule has 0 aromatic carbocycles. The molecule has 1 saturated heterocycles. The molecule has 1 aromatic rings. The molecule has 1 atom stereocenters. The molecule has 1 saturated carbocycles. The lowest BCUT2D eigenvalue weighted by Gasteiger charge is -2.27. The van der Waals surface area contributed by atoms with Crippen molar-refractivity contribution in [2.24, 2.45) is 5.73 Å². The van der Waals surface area contributed by atoms with Crippen LogP contribution in [-0.2, 0) is 17.8 Å². The molecule has 5 heteroatoms. The zero-order chi connectivity index (χ0) is 11.7. The van der Waals surface area contributed by atoms with Crippen molar-refractivity contribution < 1.29 is 4.74 Å². The smallest absolute Gasteiger partial charge is 0.0997 e. The number of hydrogen-bond acceptors (Lipinski definition) is 4. The third-order valence-corrected chi connectivity index (χ3v) is 3.93. The van der Waals surface area contributed by atoms with Crippen LogP contribution in [-0.4, -0.2) is 27.7 Å². The van der Waals surface area contributed by atoms with Crippen molar-refractivity contribution in [1.29, 1.82) is 0 Å². The van der Waals surface area contributed by atoms with E-state index in [4.69, 9.17) is 10.5 Å². The molecule has 2 fully saturated rings. The topological polar surface area (TPSA) is 66.0 Å². The van der Waals surface area contributed by atoms with Gasteiger partial charge in [-0.2, -0.15) is 0 Å². The summed E-state index contributed by atoms with van der Waals surface area (Å²) < 4.78 is 7.71. The van der Waals surface area contributed by atoms with Crippen LogP contribution in [0.5, 0.6) is 0 Å². The van der Waals surface area contributed by atoms with Crippen LogP contribution in [0.3, 0.4) is 0 Å². The van der Waals surface area contributed by atoms with Gasteiger partial charge in [0.2, 0.25) is 0 Å². The first-order chi connectivity index (χ1) is 8.38. The molecule has 1 unspecified atom stereocenters. The highest BCUT2D eigenvalue weighted by atomic mass is 16.5. The summed E-state index contributed by atoms with van der Waals surface area (Å²) in [6, 6.07) is 0. The molecule has 94 valence electrons. The van der Waals surface area contributed by atoms with Gasteiger partial charge in [-0.25, -0.2) is 4.68 Å². The average molecular weight is 236 g/mol. The van der Waals surface area contributed by atoms with E-state index in [-0.39, 0.29) is 0 Å². The van der Waals surface area contributed by atoms with Crippen LogP contribution in [0.2, 0.25) is 0 Å². The van der Waals surface area contributed by atoms with Gasteiger partial charge in [-0.1, -0.05) is 11.6 Å². The maximum Gasteiger partial charge on any atom is 0.0997 e. The Hall–Kier alpha value is -0.940. The van der Waals surface area contributed by atoms with Gasteiger partial charge in [-0.15, -0.1) is 5.10 Å². The van der Waals surface area contributed by atoms with Crippen molar-refractivity contribution in [3.63, 3.8) is 0 Å². The summed E-state index contributed by atoms with van der Waals surface area (Å²) in [5.74, 6) is 0.630. The van der Waals surface area contributed by atoms with E-state index >= 15 is 0 Å². The van der Waals surface area contributed by atoms with Crippen molar-refractivity contribution in [3.8, 4) is 0 Å². The van der Waals surface area contributed by atoms with Crippen LogP contribution in [0.15, 0.2) is 0 Å². The summed E-state index contributed by atoms with van der Waals surface area (Å²) in [6.07, 6.45) is 6.46. The summed E-state index contributed by atoms with van der Waals surface area (Å²) in [4.78, 5) is 0. The first-order valence-electron chi connectivity index (χ1n) is 6.62. The van der Waals surface area contributed by atoms with Crippen molar-refractivity contribution in [2.45, 2.75) is 57.2 Å². The molecule has 3 rings (SSSR count). The normalized spacial score (nSPS) is 25.1. The third kappa shape index (κ3) is 2.09. The maximum atomic E-state index is 5.74. The number of ether oxygens (including phenoxy) is 1. The molecule has 0 amide bonds. The molecule has 0 bridgehead atoms. The van der Waals surface area contributed by atoms with Gasteiger partial charge < -0.3 is 10.5 Å². The standard InChI is InChI=1S/C12H20N4O/c13-7-11-12(9-3-1-4-9)16(15-14-11)8-10-5-2-6-17-10/h9-10H,1-8,13H2. The quantitative estimate of drug-likeness (QED) is 0.852. The molecule has 2 heterocycles. The minimum atomic E-state index is 0.321. The molecule has 2 N–H and O–H groups in total. The maximum absolute atomic E-state index is 5.74. The summed E-state index contributed by atoms with van der Waals surface area (Å²) >= 11 is 0. The van der Waals surface area contributed by atoms with E-state index in [1.165, 1.54) is 31.4 Å². The second kappa shape index (κ2) is 4.74. The summed E-state index contributed by atoms with van der Waals surface area (Å²) in [7, 11) is 0. The van der Waals surface area contributed by atoms with Crippen LogP contribution in [0.25, 0.3) is 0 Å². The van der Waals surface area contributed by atoms with Crippen molar-refractivity contribution in [1.82, 2.24) is 15.0 Å². The Morgan fingerprint density at radius 2 is 2.18 bits per heavy atom. The van der Waals surface area contributed by atoms with Gasteiger partial charge in [0.1, 0.15) is 0 Å². The minimum Gasteiger partial charge on any atom is -0.376 e. The van der Waals surface area contributed by atoms with Gasteiger partial charge in [0.25, 0.3) is 0 Å². The Kier molecular flexibility index (Phi) is 3.11. The Bertz CT molecular complexity index is 380. The third-order valence-electron chi connectivity index (χ3n) is 3.93. The van der Waals surface area contributed by atoms with Crippen LogP contribution in [0.4, 0.5) is 0 Å². The average Bonchev–Trinajstić information content (AvgIpc) is 2.88. The fourth-order valence-corrected chi connectivity index (χ4v) is 2.75. The number of rotatable bonds is 4. The van der Waals surface area contributed by atoms with Gasteiger partial charge in [0.15, 0.2) is 0 Å². The first-order valence-corrected chi connectivity index (χ1v) is 6.62. The molecule has 1 aliphatic heterocycles. The number of nitrogens with zero attached hydrogens (tertiary/aromatic N) is 3. The van der Waals surface area contributed by atoms with Crippen molar-refractivity contribution in [2.75, 3.05) is 6.61 Å². The van der Waals surface area contributed by atoms with E-state index in [9.17, 15) is 0 Å². The van der Waals surface area contributed by atoms with E-state index in [1.54, 1.807) is 0 Å². The molecule has 1 aliphatic carbocycles. The highest BCUT2D eigenvalue weighted by Crippen LogP contribution is 2.37. The highest BCUT2D eigenvalue weighted by Gasteiger charge is 2.28. The van der Waals surface area contributed by atoms with Gasteiger partial charge in [-0.3, -0.25) is 0 Å². The SMILES string of the molecule is NCc1nnn(CC2CCCO2)c1C1CCC1. The largest absolute Gasteiger partial charge is 0.376 e. The van der Waals surface area contributed by atoms with Gasteiger partial charge in [-0.05, 0) is 25.7 Å². The molecule has 0 spiro atoms. The Morgan fingerprint density at radius 1 is 1.29 bits per heavy atom. The molecular weight excluding hydrogens is 216 g/mol. The predicted molar refractivity (Wildman–Crippen MR) is 63.5 cm³/mol. The monoisotopic (exact) mass is 236 g/mol. The van der Waals surface area contributed by atoms with Gasteiger partial charge in [0, 0.05) is 19.1 Å². The second-order valence-electron chi connectivity index (χ2n) is 5.07. The second-order valence-corrected chi connectivity index (χ2v) is 5.07. The fourth-order valence-electron chi connectivity index (χ4n) is 2.75. The van der Waals surface area contributed by atoms with E-state index in [1.807, 2.05) is 4.68 Å². The predicted octanol–water partition coefficient (Wildman–Crippen LogP) is 1.18. The fraction of sp³-hybridized carbons (Fsp3) is 0.833. The van der Waals surface area contributed by atoms with Gasteiger partial charge >= 0.3 is 0 Å². The number of aromatic nitrogens is 3. The number of nitrogens with two attached hydrogens (primary N) is 1. The van der Waals surface area contributed by atoms with Crippen LogP contribution >= 0.6 is 0 Å². The number of hydrogen-bond donors (Lipinski definition) is 1. The van der Waals surface area contributed by atoms with E-state index < -0.39 is 0 Å². The van der Waals surface area contributed by atoms with E-state index in [2.05, 4.69) is 10.3 Å². The minimum absolute atomic E-state index is 0.321. The zero-order valence-corrected chi connectivity index (χ0v) is 10.1. The zero-order valence-electron chi connectivity index (χ0n) is 10.1. The summed E-state index contributed by atoms with van der Waals surface area (Å²) in [6.45, 7) is 2.23. The van der Waals surface area contributed by atoms with Crippen molar-refractivity contribution in [3.05, 3.63) is 11.4 Å².